The minimum atomic E-state index is -3.48. The second-order valence-electron chi connectivity index (χ2n) is 3.39. The maximum absolute atomic E-state index is 11.6. The van der Waals surface area contributed by atoms with Gasteiger partial charge in [0.15, 0.2) is 9.84 Å². The molecule has 0 bridgehead atoms. The minimum absolute atomic E-state index is 0.00707. The highest BCUT2D eigenvalue weighted by molar-refractivity contribution is 7.94. The van der Waals surface area contributed by atoms with Gasteiger partial charge in [-0.15, -0.1) is 0 Å². The Morgan fingerprint density at radius 2 is 2.16 bits per heavy atom. The van der Waals surface area contributed by atoms with Gasteiger partial charge >= 0.3 is 0 Å². The summed E-state index contributed by atoms with van der Waals surface area (Å²) < 4.78 is 23.3. The van der Waals surface area contributed by atoms with Crippen molar-refractivity contribution in [2.24, 2.45) is 0 Å². The second-order valence-corrected chi connectivity index (χ2v) is 5.63. The van der Waals surface area contributed by atoms with Crippen molar-refractivity contribution in [1.82, 2.24) is 15.0 Å². The molecule has 1 heterocycles. The Morgan fingerprint density at radius 1 is 1.37 bits per heavy atom. The lowest BCUT2D eigenvalue weighted by atomic mass is 10.3. The number of benzene rings is 1. The minimum Gasteiger partial charge on any atom is -0.324 e. The van der Waals surface area contributed by atoms with Crippen LogP contribution in [-0.4, -0.2) is 23.4 Å². The molecular formula is C11H8ClN4O2S. The maximum atomic E-state index is 11.6. The van der Waals surface area contributed by atoms with E-state index in [-0.39, 0.29) is 16.1 Å². The topological polar surface area (TPSA) is 84.8 Å². The molecule has 6 nitrogen and oxygen atoms in total. The van der Waals surface area contributed by atoms with Crippen LogP contribution in [0.2, 0.25) is 5.28 Å². The molecule has 0 spiro atoms. The zero-order valence-corrected chi connectivity index (χ0v) is 11.1. The molecule has 0 saturated heterocycles. The largest absolute Gasteiger partial charge is 0.324 e. The first-order valence-electron chi connectivity index (χ1n) is 5.03. The average Bonchev–Trinajstić information content (AvgIpc) is 2.39. The second kappa shape index (κ2) is 5.33. The summed E-state index contributed by atoms with van der Waals surface area (Å²) in [6.07, 6.45) is 2.31. The van der Waals surface area contributed by atoms with Gasteiger partial charge < -0.3 is 5.32 Å². The van der Waals surface area contributed by atoms with Crippen molar-refractivity contribution in [1.29, 1.82) is 0 Å². The molecule has 1 aromatic heterocycles. The monoisotopic (exact) mass is 295 g/mol. The summed E-state index contributed by atoms with van der Waals surface area (Å²) in [5, 5.41) is 3.69. The Hall–Kier alpha value is -1.99. The lowest BCUT2D eigenvalue weighted by Crippen LogP contribution is -2.00. The van der Waals surface area contributed by atoms with Crippen LogP contribution in [0, 0.1) is 6.33 Å². The average molecular weight is 296 g/mol. The SMILES string of the molecule is C=CS(=O)(=O)c1cccc(Nc2n[c]nc(Cl)n2)c1. The van der Waals surface area contributed by atoms with E-state index in [0.29, 0.717) is 5.69 Å². The van der Waals surface area contributed by atoms with Crippen molar-refractivity contribution >= 4 is 33.1 Å². The van der Waals surface area contributed by atoms with Gasteiger partial charge in [-0.2, -0.15) is 15.0 Å². The van der Waals surface area contributed by atoms with Crippen molar-refractivity contribution in [3.05, 3.63) is 47.9 Å². The highest BCUT2D eigenvalue weighted by atomic mass is 35.5. The van der Waals surface area contributed by atoms with E-state index < -0.39 is 9.84 Å². The first-order chi connectivity index (χ1) is 9.01. The predicted octanol–water partition coefficient (Wildman–Crippen LogP) is 1.99. The maximum Gasteiger partial charge on any atom is 0.232 e. The van der Waals surface area contributed by atoms with Crippen LogP contribution in [0.4, 0.5) is 11.6 Å². The third-order valence-electron chi connectivity index (χ3n) is 2.13. The summed E-state index contributed by atoms with van der Waals surface area (Å²) in [5.41, 5.74) is 0.499. The van der Waals surface area contributed by atoms with E-state index in [1.54, 1.807) is 12.1 Å². The van der Waals surface area contributed by atoms with Gasteiger partial charge in [0.05, 0.1) is 4.90 Å². The number of rotatable bonds is 4. The van der Waals surface area contributed by atoms with E-state index in [0.717, 1.165) is 5.41 Å². The quantitative estimate of drug-likeness (QED) is 0.928. The fraction of sp³-hybridized carbons (Fsp3) is 0. The van der Waals surface area contributed by atoms with Crippen LogP contribution in [0.15, 0.2) is 41.1 Å². The van der Waals surface area contributed by atoms with Gasteiger partial charge in [-0.25, -0.2) is 8.42 Å². The zero-order chi connectivity index (χ0) is 13.9. The number of hydrogen-bond acceptors (Lipinski definition) is 6. The van der Waals surface area contributed by atoms with Gasteiger partial charge in [-0.3, -0.25) is 0 Å². The third-order valence-corrected chi connectivity index (χ3v) is 3.65. The van der Waals surface area contributed by atoms with Crippen LogP contribution in [-0.2, 0) is 9.84 Å². The molecule has 0 aliphatic rings. The van der Waals surface area contributed by atoms with E-state index in [1.807, 2.05) is 0 Å². The number of aromatic nitrogens is 3. The van der Waals surface area contributed by atoms with Crippen LogP contribution in [0.3, 0.4) is 0 Å². The molecule has 0 amide bonds. The molecular weight excluding hydrogens is 288 g/mol. The number of nitrogens with one attached hydrogen (secondary N) is 1. The molecule has 0 saturated carbocycles. The van der Waals surface area contributed by atoms with E-state index in [4.69, 9.17) is 11.6 Å². The Labute approximate surface area is 115 Å². The summed E-state index contributed by atoms with van der Waals surface area (Å²) in [4.78, 5) is 11.2. The van der Waals surface area contributed by atoms with Crippen molar-refractivity contribution in [3.8, 4) is 0 Å². The number of sulfone groups is 1. The molecule has 8 heteroatoms. The fourth-order valence-electron chi connectivity index (χ4n) is 1.28. The Balaban J connectivity index is 2.32. The molecule has 1 N–H and O–H groups in total. The lowest BCUT2D eigenvalue weighted by molar-refractivity contribution is 0.605. The van der Waals surface area contributed by atoms with Gasteiger partial charge in [-0.1, -0.05) is 12.6 Å². The van der Waals surface area contributed by atoms with Gasteiger partial charge in [0.2, 0.25) is 17.6 Å². The number of nitrogens with zero attached hydrogens (tertiary/aromatic N) is 3. The lowest BCUT2D eigenvalue weighted by Gasteiger charge is -2.05. The highest BCUT2D eigenvalue weighted by Gasteiger charge is 2.10. The van der Waals surface area contributed by atoms with Gasteiger partial charge in [0, 0.05) is 11.1 Å². The molecule has 2 aromatic rings. The molecule has 97 valence electrons. The normalized spacial score (nSPS) is 11.0. The first-order valence-corrected chi connectivity index (χ1v) is 6.96. The molecule has 0 atom stereocenters. The standard InChI is InChI=1S/C11H8ClN4O2S/c1-2-19(17,18)9-5-3-4-8(6-9)15-11-14-7-13-10(12)16-11/h2-6H,1H2,(H,13,14,15,16). The molecule has 0 unspecified atom stereocenters. The third kappa shape index (κ3) is 3.27. The summed E-state index contributed by atoms with van der Waals surface area (Å²) in [6.45, 7) is 3.27. The van der Waals surface area contributed by atoms with E-state index in [2.05, 4.69) is 33.2 Å². The van der Waals surface area contributed by atoms with Crippen LogP contribution in [0.25, 0.3) is 0 Å². The van der Waals surface area contributed by atoms with Gasteiger partial charge in [0.1, 0.15) is 0 Å². The Bertz CT molecular complexity index is 718. The zero-order valence-electron chi connectivity index (χ0n) is 9.54. The predicted molar refractivity (Wildman–Crippen MR) is 70.8 cm³/mol. The number of hydrogen-bond donors (Lipinski definition) is 1. The van der Waals surface area contributed by atoms with Crippen molar-refractivity contribution in [2.75, 3.05) is 5.32 Å². The smallest absolute Gasteiger partial charge is 0.232 e. The molecule has 0 fully saturated rings. The molecule has 19 heavy (non-hydrogen) atoms. The Kier molecular flexibility index (Phi) is 3.77. The molecule has 1 aromatic carbocycles. The summed E-state index contributed by atoms with van der Waals surface area (Å²) in [6, 6.07) is 6.16. The Morgan fingerprint density at radius 3 is 2.84 bits per heavy atom. The van der Waals surface area contributed by atoms with Gasteiger partial charge in [0.25, 0.3) is 0 Å². The van der Waals surface area contributed by atoms with Crippen LogP contribution >= 0.6 is 11.6 Å². The van der Waals surface area contributed by atoms with Crippen LogP contribution in [0.1, 0.15) is 0 Å². The highest BCUT2D eigenvalue weighted by Crippen LogP contribution is 2.19. The van der Waals surface area contributed by atoms with Crippen molar-refractivity contribution in [3.63, 3.8) is 0 Å². The van der Waals surface area contributed by atoms with Gasteiger partial charge in [-0.05, 0) is 29.8 Å². The first kappa shape index (κ1) is 13.4. The van der Waals surface area contributed by atoms with E-state index >= 15 is 0 Å². The summed E-state index contributed by atoms with van der Waals surface area (Å²) in [7, 11) is -3.48. The van der Waals surface area contributed by atoms with E-state index in [1.165, 1.54) is 12.1 Å². The van der Waals surface area contributed by atoms with E-state index in [9.17, 15) is 8.42 Å². The van der Waals surface area contributed by atoms with Crippen LogP contribution < -0.4 is 5.32 Å². The van der Waals surface area contributed by atoms with Crippen molar-refractivity contribution < 1.29 is 8.42 Å². The number of halogens is 1. The molecule has 0 aliphatic heterocycles. The molecule has 2 rings (SSSR count). The van der Waals surface area contributed by atoms with Crippen LogP contribution in [0.5, 0.6) is 0 Å². The molecule has 1 radical (unpaired) electrons. The van der Waals surface area contributed by atoms with Crippen molar-refractivity contribution in [2.45, 2.75) is 4.90 Å². The molecule has 0 aliphatic carbocycles. The summed E-state index contributed by atoms with van der Waals surface area (Å²) >= 11 is 5.59. The number of anilines is 2. The fourth-order valence-corrected chi connectivity index (χ4v) is 2.15. The summed E-state index contributed by atoms with van der Waals surface area (Å²) in [5.74, 6) is 0.174.